The Morgan fingerprint density at radius 1 is 1.03 bits per heavy atom. The summed E-state index contributed by atoms with van der Waals surface area (Å²) in [4.78, 5) is 4.78. The van der Waals surface area contributed by atoms with Crippen LogP contribution in [0.15, 0.2) is 31.1 Å². The first-order valence-electron chi connectivity index (χ1n) is 9.57. The molecule has 0 amide bonds. The third kappa shape index (κ3) is 4.80. The fraction of sp³-hybridized carbons (Fsp3) is 0.500. The Bertz CT molecular complexity index is 887. The summed E-state index contributed by atoms with van der Waals surface area (Å²) < 4.78 is 21.0. The molecule has 0 atom stereocenters. The Hall–Kier alpha value is -2.36. The Labute approximate surface area is 176 Å². The summed E-state index contributed by atoms with van der Waals surface area (Å²) in [7, 11) is 4.92. The van der Waals surface area contributed by atoms with E-state index in [-0.39, 0.29) is 0 Å². The molecule has 3 rings (SSSR count). The molecule has 9 heteroatoms. The number of aromatic nitrogens is 3. The molecule has 8 nitrogen and oxygen atoms in total. The maximum Gasteiger partial charge on any atom is 0.203 e. The summed E-state index contributed by atoms with van der Waals surface area (Å²) in [5.41, 5.74) is 1.09. The van der Waals surface area contributed by atoms with Gasteiger partial charge in [0.05, 0.1) is 28.0 Å². The maximum absolute atomic E-state index is 5.61. The number of hydrogen-bond acceptors (Lipinski definition) is 7. The van der Waals surface area contributed by atoms with Crippen molar-refractivity contribution in [2.75, 3.05) is 47.5 Å². The quantitative estimate of drug-likeness (QED) is 0.457. The van der Waals surface area contributed by atoms with Crippen LogP contribution in [0.25, 0.3) is 0 Å². The summed E-state index contributed by atoms with van der Waals surface area (Å²) in [6.45, 7) is 9.75. The summed E-state index contributed by atoms with van der Waals surface area (Å²) >= 11 is 5.48. The lowest BCUT2D eigenvalue weighted by Crippen LogP contribution is -2.46. The first-order valence-corrected chi connectivity index (χ1v) is 9.97. The number of methoxy groups -OCH3 is 3. The molecule has 2 aromatic rings. The van der Waals surface area contributed by atoms with Crippen LogP contribution in [-0.4, -0.2) is 71.7 Å². The molecule has 0 radical (unpaired) electrons. The van der Waals surface area contributed by atoms with Crippen molar-refractivity contribution in [1.29, 1.82) is 0 Å². The van der Waals surface area contributed by atoms with Crippen molar-refractivity contribution in [3.8, 4) is 17.2 Å². The van der Waals surface area contributed by atoms with Gasteiger partial charge in [-0.05, 0) is 18.3 Å². The van der Waals surface area contributed by atoms with Crippen molar-refractivity contribution in [2.45, 2.75) is 19.8 Å². The first kappa shape index (κ1) is 21.4. The zero-order valence-electron chi connectivity index (χ0n) is 17.3. The first-order chi connectivity index (χ1) is 14.1. The number of rotatable bonds is 9. The Kier molecular flexibility index (Phi) is 7.29. The van der Waals surface area contributed by atoms with Gasteiger partial charge in [0.2, 0.25) is 5.75 Å². The average Bonchev–Trinajstić information content (AvgIpc) is 3.08. The minimum atomic E-state index is 0.635. The summed E-state index contributed by atoms with van der Waals surface area (Å²) in [5.74, 6) is 2.04. The van der Waals surface area contributed by atoms with E-state index >= 15 is 0 Å². The van der Waals surface area contributed by atoms with Crippen LogP contribution in [0.5, 0.6) is 17.2 Å². The van der Waals surface area contributed by atoms with Crippen LogP contribution in [-0.2, 0) is 19.8 Å². The molecule has 0 bridgehead atoms. The predicted octanol–water partition coefficient (Wildman–Crippen LogP) is 2.40. The molecule has 0 saturated carbocycles. The van der Waals surface area contributed by atoms with Crippen molar-refractivity contribution >= 4 is 12.2 Å². The minimum absolute atomic E-state index is 0.635. The van der Waals surface area contributed by atoms with Crippen LogP contribution in [0.1, 0.15) is 5.56 Å². The van der Waals surface area contributed by atoms with Gasteiger partial charge in [0, 0.05) is 44.8 Å². The molecule has 2 heterocycles. The molecule has 1 aliphatic heterocycles. The van der Waals surface area contributed by atoms with E-state index in [2.05, 4.69) is 21.5 Å². The van der Waals surface area contributed by atoms with E-state index in [1.165, 1.54) is 0 Å². The summed E-state index contributed by atoms with van der Waals surface area (Å²) in [6.07, 6.45) is 3.59. The molecule has 1 fully saturated rings. The highest BCUT2D eigenvalue weighted by atomic mass is 32.1. The lowest BCUT2D eigenvalue weighted by molar-refractivity contribution is 0.0973. The maximum atomic E-state index is 5.61. The minimum Gasteiger partial charge on any atom is -0.493 e. The van der Waals surface area contributed by atoms with E-state index in [9.17, 15) is 0 Å². The SMILES string of the molecule is C=CCn1cnn(CN2CCN(Cc3ccc(OC)c(OC)c3OC)CC2)c1=S. The number of ether oxygens (including phenoxy) is 3. The van der Waals surface area contributed by atoms with Crippen LogP contribution in [0.4, 0.5) is 0 Å². The number of hydrogen-bond donors (Lipinski definition) is 0. The third-order valence-corrected chi connectivity index (χ3v) is 5.55. The lowest BCUT2D eigenvalue weighted by Gasteiger charge is -2.34. The summed E-state index contributed by atoms with van der Waals surface area (Å²) in [6, 6.07) is 3.96. The van der Waals surface area contributed by atoms with Crippen LogP contribution in [0.2, 0.25) is 0 Å². The molecule has 158 valence electrons. The van der Waals surface area contributed by atoms with Gasteiger partial charge in [-0.25, -0.2) is 4.68 Å². The highest BCUT2D eigenvalue weighted by Crippen LogP contribution is 2.40. The average molecular weight is 420 g/mol. The van der Waals surface area contributed by atoms with Crippen LogP contribution < -0.4 is 14.2 Å². The number of benzene rings is 1. The van der Waals surface area contributed by atoms with Gasteiger partial charge in [0.1, 0.15) is 6.33 Å². The van der Waals surface area contributed by atoms with Crippen molar-refractivity contribution in [3.63, 3.8) is 0 Å². The molecule has 0 unspecified atom stereocenters. The van der Waals surface area contributed by atoms with Crippen LogP contribution in [0.3, 0.4) is 0 Å². The third-order valence-electron chi connectivity index (χ3n) is 5.10. The van der Waals surface area contributed by atoms with E-state index in [1.54, 1.807) is 27.7 Å². The highest BCUT2D eigenvalue weighted by Gasteiger charge is 2.21. The largest absolute Gasteiger partial charge is 0.493 e. The van der Waals surface area contributed by atoms with Crippen molar-refractivity contribution in [3.05, 3.63) is 41.4 Å². The smallest absolute Gasteiger partial charge is 0.203 e. The van der Waals surface area contributed by atoms with Crippen LogP contribution >= 0.6 is 12.2 Å². The van der Waals surface area contributed by atoms with E-state index < -0.39 is 0 Å². The Morgan fingerprint density at radius 2 is 1.72 bits per heavy atom. The van der Waals surface area contributed by atoms with E-state index in [0.717, 1.165) is 48.8 Å². The molecule has 0 N–H and O–H groups in total. The second-order valence-electron chi connectivity index (χ2n) is 6.88. The van der Waals surface area contributed by atoms with Gasteiger partial charge < -0.3 is 18.8 Å². The molecule has 1 saturated heterocycles. The van der Waals surface area contributed by atoms with Gasteiger partial charge >= 0.3 is 0 Å². The molecule has 1 aromatic carbocycles. The monoisotopic (exact) mass is 419 g/mol. The second-order valence-corrected chi connectivity index (χ2v) is 7.25. The van der Waals surface area contributed by atoms with Gasteiger partial charge in [0.15, 0.2) is 16.3 Å². The number of piperazine rings is 1. The van der Waals surface area contributed by atoms with Crippen LogP contribution in [0, 0.1) is 4.77 Å². The van der Waals surface area contributed by atoms with E-state index in [0.29, 0.717) is 24.7 Å². The van der Waals surface area contributed by atoms with E-state index in [1.807, 2.05) is 27.5 Å². The van der Waals surface area contributed by atoms with Crippen molar-refractivity contribution in [1.82, 2.24) is 24.1 Å². The molecule has 0 spiro atoms. The van der Waals surface area contributed by atoms with Gasteiger partial charge in [-0.3, -0.25) is 9.80 Å². The second kappa shape index (κ2) is 9.91. The predicted molar refractivity (Wildman–Crippen MR) is 114 cm³/mol. The van der Waals surface area contributed by atoms with Crippen molar-refractivity contribution in [2.24, 2.45) is 0 Å². The highest BCUT2D eigenvalue weighted by molar-refractivity contribution is 7.71. The number of allylic oxidation sites excluding steroid dienone is 1. The van der Waals surface area contributed by atoms with Gasteiger partial charge in [-0.15, -0.1) is 6.58 Å². The van der Waals surface area contributed by atoms with E-state index in [4.69, 9.17) is 26.4 Å². The molecular formula is C20H29N5O3S. The van der Waals surface area contributed by atoms with Crippen molar-refractivity contribution < 1.29 is 14.2 Å². The molecule has 1 aromatic heterocycles. The Balaban J connectivity index is 1.60. The molecule has 0 aliphatic carbocycles. The standard InChI is InChI=1S/C20H29N5O3S/c1-5-8-24-14-21-25(20(24)29)15-23-11-9-22(10-12-23)13-16-6-7-17(26-2)19(28-4)18(16)27-3/h5-7,14H,1,8-13,15H2,2-4H3. The summed E-state index contributed by atoms with van der Waals surface area (Å²) in [5, 5.41) is 4.40. The zero-order chi connectivity index (χ0) is 20.8. The normalized spacial score (nSPS) is 15.3. The molecular weight excluding hydrogens is 390 g/mol. The lowest BCUT2D eigenvalue weighted by atomic mass is 10.1. The van der Waals surface area contributed by atoms with Gasteiger partial charge in [-0.2, -0.15) is 5.10 Å². The van der Waals surface area contributed by atoms with Gasteiger partial charge in [0.25, 0.3) is 0 Å². The molecule has 29 heavy (non-hydrogen) atoms. The zero-order valence-corrected chi connectivity index (χ0v) is 18.2. The molecule has 1 aliphatic rings. The fourth-order valence-corrected chi connectivity index (χ4v) is 3.77. The Morgan fingerprint density at radius 3 is 2.34 bits per heavy atom. The topological polar surface area (TPSA) is 56.9 Å². The van der Waals surface area contributed by atoms with Gasteiger partial charge in [-0.1, -0.05) is 12.1 Å². The number of nitrogens with zero attached hydrogens (tertiary/aromatic N) is 5. The fourth-order valence-electron chi connectivity index (χ4n) is 3.54.